The van der Waals surface area contributed by atoms with Crippen LogP contribution in [0.15, 0.2) is 73.1 Å². The van der Waals surface area contributed by atoms with Crippen LogP contribution < -0.4 is 5.32 Å². The van der Waals surface area contributed by atoms with E-state index in [1.807, 2.05) is 0 Å². The number of aromatic nitrogens is 1. The van der Waals surface area contributed by atoms with Gasteiger partial charge in [0, 0.05) is 29.2 Å². The molecule has 0 spiro atoms. The highest BCUT2D eigenvalue weighted by Gasteiger charge is 2.05. The third kappa shape index (κ3) is 4.34. The normalized spacial score (nSPS) is 9.69. The lowest BCUT2D eigenvalue weighted by Gasteiger charge is -2.04. The van der Waals surface area contributed by atoms with Crippen molar-refractivity contribution in [3.05, 3.63) is 95.3 Å². The molecular weight excluding hydrogens is 328 g/mol. The van der Waals surface area contributed by atoms with E-state index in [-0.39, 0.29) is 11.5 Å². The maximum Gasteiger partial charge on any atom is 0.335 e. The average Bonchev–Trinajstić information content (AvgIpc) is 2.68. The maximum absolute atomic E-state index is 12.1. The molecule has 0 bridgehead atoms. The minimum absolute atomic E-state index is 0.199. The summed E-state index contributed by atoms with van der Waals surface area (Å²) in [6.07, 6.45) is 3.11. The van der Waals surface area contributed by atoms with Crippen molar-refractivity contribution in [2.24, 2.45) is 0 Å². The fraction of sp³-hybridized carbons (Fsp3) is 0. The summed E-state index contributed by atoms with van der Waals surface area (Å²) in [6, 6.07) is 16.9. The first kappa shape index (κ1) is 16.9. The third-order valence-electron chi connectivity index (χ3n) is 3.53. The van der Waals surface area contributed by atoms with E-state index in [9.17, 15) is 9.59 Å². The molecule has 0 atom stereocenters. The molecule has 3 aromatic rings. The van der Waals surface area contributed by atoms with E-state index < -0.39 is 5.97 Å². The van der Waals surface area contributed by atoms with Gasteiger partial charge in [-0.05, 0) is 54.6 Å². The molecular formula is C21H14N2O3. The highest BCUT2D eigenvalue weighted by Crippen LogP contribution is 2.11. The number of amides is 1. The number of rotatable bonds is 3. The molecule has 2 N–H and O–H groups in total. The van der Waals surface area contributed by atoms with Crippen LogP contribution in [0, 0.1) is 11.8 Å². The lowest BCUT2D eigenvalue weighted by atomic mass is 10.1. The number of hydrogen-bond acceptors (Lipinski definition) is 3. The molecule has 5 nitrogen and oxygen atoms in total. The largest absolute Gasteiger partial charge is 0.478 e. The fourth-order valence-electron chi connectivity index (χ4n) is 2.21. The van der Waals surface area contributed by atoms with Crippen LogP contribution in [-0.2, 0) is 0 Å². The number of hydrogen-bond donors (Lipinski definition) is 2. The smallest absolute Gasteiger partial charge is 0.335 e. The van der Waals surface area contributed by atoms with Gasteiger partial charge in [-0.25, -0.2) is 4.79 Å². The Morgan fingerprint density at radius 3 is 2.31 bits per heavy atom. The number of benzene rings is 2. The van der Waals surface area contributed by atoms with Crippen molar-refractivity contribution in [1.82, 2.24) is 4.98 Å². The Labute approximate surface area is 150 Å². The zero-order valence-electron chi connectivity index (χ0n) is 13.6. The molecule has 0 radical (unpaired) electrons. The van der Waals surface area contributed by atoms with Crippen LogP contribution in [0.2, 0.25) is 0 Å². The number of nitrogens with zero attached hydrogens (tertiary/aromatic N) is 1. The molecule has 126 valence electrons. The molecule has 26 heavy (non-hydrogen) atoms. The number of carbonyl (C=O) groups is 2. The van der Waals surface area contributed by atoms with Crippen molar-refractivity contribution in [1.29, 1.82) is 0 Å². The quantitative estimate of drug-likeness (QED) is 0.715. The van der Waals surface area contributed by atoms with Crippen LogP contribution in [0.5, 0.6) is 0 Å². The van der Waals surface area contributed by atoms with Gasteiger partial charge in [0.1, 0.15) is 0 Å². The molecule has 0 unspecified atom stereocenters. The van der Waals surface area contributed by atoms with Gasteiger partial charge in [0.05, 0.1) is 11.1 Å². The minimum atomic E-state index is -0.984. The maximum atomic E-state index is 12.1. The van der Waals surface area contributed by atoms with Crippen molar-refractivity contribution in [2.75, 3.05) is 5.32 Å². The topological polar surface area (TPSA) is 79.3 Å². The first-order valence-electron chi connectivity index (χ1n) is 7.79. The van der Waals surface area contributed by atoms with Crippen LogP contribution in [-0.4, -0.2) is 22.0 Å². The molecule has 3 rings (SSSR count). The number of carboxylic acid groups (broad SMARTS) is 1. The number of aromatic carboxylic acids is 1. The highest BCUT2D eigenvalue weighted by atomic mass is 16.4. The summed E-state index contributed by atoms with van der Waals surface area (Å²) in [4.78, 5) is 27.0. The second kappa shape index (κ2) is 7.77. The van der Waals surface area contributed by atoms with Crippen molar-refractivity contribution < 1.29 is 14.7 Å². The number of anilines is 1. The average molecular weight is 342 g/mol. The highest BCUT2D eigenvalue weighted by molar-refractivity contribution is 6.04. The molecule has 0 aliphatic heterocycles. The van der Waals surface area contributed by atoms with Gasteiger partial charge in [0.25, 0.3) is 5.91 Å². The zero-order chi connectivity index (χ0) is 18.4. The first-order chi connectivity index (χ1) is 12.6. The lowest BCUT2D eigenvalue weighted by molar-refractivity contribution is 0.0696. The van der Waals surface area contributed by atoms with E-state index in [1.165, 1.54) is 18.3 Å². The van der Waals surface area contributed by atoms with Gasteiger partial charge in [-0.2, -0.15) is 0 Å². The van der Waals surface area contributed by atoms with E-state index in [2.05, 4.69) is 22.1 Å². The van der Waals surface area contributed by atoms with Gasteiger partial charge in [-0.3, -0.25) is 9.78 Å². The number of nitrogens with one attached hydrogen (secondary N) is 1. The van der Waals surface area contributed by atoms with Crippen molar-refractivity contribution in [3.63, 3.8) is 0 Å². The molecule has 0 saturated heterocycles. The molecule has 0 fully saturated rings. The molecule has 0 aliphatic rings. The van der Waals surface area contributed by atoms with E-state index in [0.29, 0.717) is 16.8 Å². The Kier molecular flexibility index (Phi) is 5.06. The summed E-state index contributed by atoms with van der Waals surface area (Å²) in [7, 11) is 0. The summed E-state index contributed by atoms with van der Waals surface area (Å²) in [5.41, 5.74) is 2.71. The van der Waals surface area contributed by atoms with Crippen LogP contribution in [0.25, 0.3) is 0 Å². The monoisotopic (exact) mass is 342 g/mol. The molecule has 5 heteroatoms. The summed E-state index contributed by atoms with van der Waals surface area (Å²) in [6.45, 7) is 0. The Bertz CT molecular complexity index is 1000. The fourth-order valence-corrected chi connectivity index (χ4v) is 2.21. The Morgan fingerprint density at radius 2 is 1.62 bits per heavy atom. The molecule has 2 aromatic carbocycles. The van der Waals surface area contributed by atoms with Gasteiger partial charge < -0.3 is 10.4 Å². The third-order valence-corrected chi connectivity index (χ3v) is 3.53. The standard InChI is InChI=1S/C21H14N2O3/c24-20(18-5-2-12-22-14-18)23-19-10-8-15(9-11-19)6-7-16-3-1-4-17(13-16)21(25)26/h1-5,8-14H,(H,23,24)(H,25,26). The first-order valence-corrected chi connectivity index (χ1v) is 7.79. The van der Waals surface area contributed by atoms with Gasteiger partial charge in [-0.1, -0.05) is 17.9 Å². The Morgan fingerprint density at radius 1 is 0.885 bits per heavy atom. The predicted molar refractivity (Wildman–Crippen MR) is 98.0 cm³/mol. The zero-order valence-corrected chi connectivity index (χ0v) is 13.6. The summed E-state index contributed by atoms with van der Waals surface area (Å²) in [5, 5.41) is 11.8. The minimum Gasteiger partial charge on any atom is -0.478 e. The van der Waals surface area contributed by atoms with Gasteiger partial charge in [0.2, 0.25) is 0 Å². The molecule has 1 amide bonds. The SMILES string of the molecule is O=C(O)c1cccc(C#Cc2ccc(NC(=O)c3cccnc3)cc2)c1. The molecule has 1 aromatic heterocycles. The summed E-state index contributed by atoms with van der Waals surface area (Å²) >= 11 is 0. The van der Waals surface area contributed by atoms with Gasteiger partial charge in [0.15, 0.2) is 0 Å². The van der Waals surface area contributed by atoms with E-state index in [0.717, 1.165) is 5.56 Å². The summed E-state index contributed by atoms with van der Waals surface area (Å²) in [5.74, 6) is 4.69. The lowest BCUT2D eigenvalue weighted by Crippen LogP contribution is -2.11. The van der Waals surface area contributed by atoms with Crippen molar-refractivity contribution in [3.8, 4) is 11.8 Å². The summed E-state index contributed by atoms with van der Waals surface area (Å²) < 4.78 is 0. The van der Waals surface area contributed by atoms with E-state index >= 15 is 0 Å². The number of carbonyl (C=O) groups excluding carboxylic acids is 1. The molecule has 1 heterocycles. The Balaban J connectivity index is 1.70. The van der Waals surface area contributed by atoms with Crippen LogP contribution in [0.3, 0.4) is 0 Å². The predicted octanol–water partition coefficient (Wildman–Crippen LogP) is 3.43. The second-order valence-corrected chi connectivity index (χ2v) is 5.41. The van der Waals surface area contributed by atoms with E-state index in [4.69, 9.17) is 5.11 Å². The number of pyridine rings is 1. The number of carboxylic acids is 1. The van der Waals surface area contributed by atoms with Crippen LogP contribution in [0.4, 0.5) is 5.69 Å². The second-order valence-electron chi connectivity index (χ2n) is 5.41. The van der Waals surface area contributed by atoms with Crippen molar-refractivity contribution in [2.45, 2.75) is 0 Å². The van der Waals surface area contributed by atoms with Crippen molar-refractivity contribution >= 4 is 17.6 Å². The molecule has 0 aliphatic carbocycles. The van der Waals surface area contributed by atoms with Crippen LogP contribution >= 0.6 is 0 Å². The van der Waals surface area contributed by atoms with Crippen LogP contribution in [0.1, 0.15) is 31.8 Å². The Hall–Kier alpha value is -3.91. The molecule has 0 saturated carbocycles. The van der Waals surface area contributed by atoms with Gasteiger partial charge >= 0.3 is 5.97 Å². The van der Waals surface area contributed by atoms with E-state index in [1.54, 1.807) is 54.7 Å². The van der Waals surface area contributed by atoms with Gasteiger partial charge in [-0.15, -0.1) is 0 Å².